The highest BCUT2D eigenvalue weighted by molar-refractivity contribution is 5.91. The van der Waals surface area contributed by atoms with E-state index in [0.717, 1.165) is 51.1 Å². The van der Waals surface area contributed by atoms with E-state index in [1.54, 1.807) is 24.5 Å². The minimum atomic E-state index is -0.0667. The summed E-state index contributed by atoms with van der Waals surface area (Å²) in [6.45, 7) is 4.12. The Bertz CT molecular complexity index is 703. The largest absolute Gasteiger partial charge is 0.381 e. The van der Waals surface area contributed by atoms with Crippen molar-refractivity contribution < 1.29 is 14.3 Å². The maximum atomic E-state index is 12.5. The lowest BCUT2D eigenvalue weighted by Crippen LogP contribution is -2.34. The minimum Gasteiger partial charge on any atom is -0.381 e. The van der Waals surface area contributed by atoms with Crippen molar-refractivity contribution in [1.82, 2.24) is 15.2 Å². The SMILES string of the molecule is O=C(/C=C/c1cccnc1)NCC[C@@H]1[C@H]2CN(C(=O)CC3CCOCC3)C[C@@H]12. The fourth-order valence-electron chi connectivity index (χ4n) is 4.68. The number of hydrogen-bond acceptors (Lipinski definition) is 4. The van der Waals surface area contributed by atoms with Gasteiger partial charge in [0.15, 0.2) is 0 Å². The van der Waals surface area contributed by atoms with E-state index in [-0.39, 0.29) is 5.91 Å². The van der Waals surface area contributed by atoms with E-state index in [1.807, 2.05) is 12.1 Å². The van der Waals surface area contributed by atoms with Gasteiger partial charge in [-0.25, -0.2) is 0 Å². The summed E-state index contributed by atoms with van der Waals surface area (Å²) in [5, 5.41) is 2.96. The zero-order valence-electron chi connectivity index (χ0n) is 16.3. The third kappa shape index (κ3) is 4.79. The summed E-state index contributed by atoms with van der Waals surface area (Å²) in [5.74, 6) is 2.70. The van der Waals surface area contributed by atoms with Gasteiger partial charge in [0.1, 0.15) is 0 Å². The van der Waals surface area contributed by atoms with E-state index in [2.05, 4.69) is 15.2 Å². The number of ether oxygens (including phenoxy) is 1. The Morgan fingerprint density at radius 2 is 2.04 bits per heavy atom. The lowest BCUT2D eigenvalue weighted by Gasteiger charge is -2.25. The molecule has 2 amide bonds. The van der Waals surface area contributed by atoms with Crippen molar-refractivity contribution in [2.45, 2.75) is 25.7 Å². The Balaban J connectivity index is 1.11. The number of nitrogens with one attached hydrogen (secondary N) is 1. The third-order valence-corrected chi connectivity index (χ3v) is 6.42. The Hall–Kier alpha value is -2.21. The van der Waals surface area contributed by atoms with Gasteiger partial charge in [-0.2, -0.15) is 0 Å². The molecule has 4 rings (SSSR count). The first kappa shape index (κ1) is 19.1. The van der Waals surface area contributed by atoms with Crippen LogP contribution in [0.2, 0.25) is 0 Å². The van der Waals surface area contributed by atoms with Crippen LogP contribution < -0.4 is 5.32 Å². The topological polar surface area (TPSA) is 71.5 Å². The molecule has 6 nitrogen and oxygen atoms in total. The number of fused-ring (bicyclic) bond motifs is 1. The number of carbonyl (C=O) groups is 2. The number of aromatic nitrogens is 1. The summed E-state index contributed by atoms with van der Waals surface area (Å²) in [7, 11) is 0. The van der Waals surface area contributed by atoms with Gasteiger partial charge in [0.2, 0.25) is 11.8 Å². The van der Waals surface area contributed by atoms with Crippen LogP contribution in [-0.2, 0) is 14.3 Å². The van der Waals surface area contributed by atoms with E-state index < -0.39 is 0 Å². The molecule has 6 heteroatoms. The molecule has 3 fully saturated rings. The second-order valence-electron chi connectivity index (χ2n) is 8.25. The molecular weight excluding hydrogens is 354 g/mol. The number of hydrogen-bond donors (Lipinski definition) is 1. The van der Waals surface area contributed by atoms with Crippen molar-refractivity contribution in [3.63, 3.8) is 0 Å². The van der Waals surface area contributed by atoms with Crippen LogP contribution in [0.1, 0.15) is 31.2 Å². The molecule has 1 N–H and O–H groups in total. The van der Waals surface area contributed by atoms with Crippen LogP contribution in [0.25, 0.3) is 6.08 Å². The van der Waals surface area contributed by atoms with Gasteiger partial charge in [-0.15, -0.1) is 0 Å². The molecule has 2 aliphatic heterocycles. The standard InChI is InChI=1S/C22H29N3O3/c26-21(4-3-17-2-1-8-23-13-17)24-9-5-18-19-14-25(15-20(18)19)22(27)12-16-6-10-28-11-7-16/h1-4,8,13,16,18-20H,5-7,9-12,14-15H2,(H,24,26)/b4-3+/t18-,19-,20+. The number of rotatable bonds is 7. The van der Waals surface area contributed by atoms with Crippen molar-refractivity contribution in [1.29, 1.82) is 0 Å². The highest BCUT2D eigenvalue weighted by Gasteiger charge is 2.55. The van der Waals surface area contributed by atoms with Gasteiger partial charge < -0.3 is 15.0 Å². The molecule has 150 valence electrons. The van der Waals surface area contributed by atoms with Crippen molar-refractivity contribution in [3.05, 3.63) is 36.2 Å². The van der Waals surface area contributed by atoms with E-state index in [0.29, 0.717) is 42.5 Å². The number of nitrogens with zero attached hydrogens (tertiary/aromatic N) is 2. The maximum Gasteiger partial charge on any atom is 0.244 e. The first-order valence-corrected chi connectivity index (χ1v) is 10.4. The third-order valence-electron chi connectivity index (χ3n) is 6.42. The molecule has 0 spiro atoms. The number of carbonyl (C=O) groups excluding carboxylic acids is 2. The van der Waals surface area contributed by atoms with Crippen molar-refractivity contribution >= 4 is 17.9 Å². The second kappa shape index (κ2) is 8.86. The van der Waals surface area contributed by atoms with Crippen molar-refractivity contribution in [2.75, 3.05) is 32.8 Å². The molecule has 28 heavy (non-hydrogen) atoms. The Labute approximate surface area is 166 Å². The molecule has 0 bridgehead atoms. The maximum absolute atomic E-state index is 12.5. The molecule has 1 aliphatic carbocycles. The first-order chi connectivity index (χ1) is 13.7. The summed E-state index contributed by atoms with van der Waals surface area (Å²) in [4.78, 5) is 30.5. The van der Waals surface area contributed by atoms with Crippen LogP contribution in [-0.4, -0.2) is 54.5 Å². The van der Waals surface area contributed by atoms with Crippen LogP contribution in [0.4, 0.5) is 0 Å². The molecule has 1 aromatic rings. The Morgan fingerprint density at radius 1 is 1.25 bits per heavy atom. The molecule has 1 saturated carbocycles. The molecule has 3 aliphatic rings. The molecule has 3 atom stereocenters. The predicted molar refractivity (Wildman–Crippen MR) is 106 cm³/mol. The van der Waals surface area contributed by atoms with Gasteiger partial charge in [0.05, 0.1) is 0 Å². The number of likely N-dealkylation sites (tertiary alicyclic amines) is 1. The van der Waals surface area contributed by atoms with Crippen LogP contribution >= 0.6 is 0 Å². The number of amides is 2. The second-order valence-corrected chi connectivity index (χ2v) is 8.25. The summed E-state index contributed by atoms with van der Waals surface area (Å²) in [6.07, 6.45) is 10.5. The van der Waals surface area contributed by atoms with Gasteiger partial charge in [-0.05, 0) is 60.6 Å². The van der Waals surface area contributed by atoms with Gasteiger partial charge >= 0.3 is 0 Å². The van der Waals surface area contributed by atoms with Gasteiger partial charge in [0.25, 0.3) is 0 Å². The lowest BCUT2D eigenvalue weighted by molar-refractivity contribution is -0.132. The normalized spacial score (nSPS) is 27.0. The monoisotopic (exact) mass is 383 g/mol. The first-order valence-electron chi connectivity index (χ1n) is 10.4. The highest BCUT2D eigenvalue weighted by Crippen LogP contribution is 2.53. The lowest BCUT2D eigenvalue weighted by atomic mass is 9.96. The molecular formula is C22H29N3O3. The zero-order chi connectivity index (χ0) is 19.3. The van der Waals surface area contributed by atoms with Gasteiger partial charge in [-0.3, -0.25) is 14.6 Å². The quantitative estimate of drug-likeness (QED) is 0.732. The van der Waals surface area contributed by atoms with Crippen molar-refractivity contribution in [3.8, 4) is 0 Å². The predicted octanol–water partition coefficient (Wildman–Crippen LogP) is 2.12. The number of piperidine rings is 1. The molecule has 0 aromatic carbocycles. The van der Waals surface area contributed by atoms with Crippen molar-refractivity contribution in [2.24, 2.45) is 23.7 Å². The summed E-state index contributed by atoms with van der Waals surface area (Å²) >= 11 is 0. The Kier molecular flexibility index (Phi) is 6.05. The van der Waals surface area contributed by atoms with Gasteiger partial charge in [-0.1, -0.05) is 6.07 Å². The Morgan fingerprint density at radius 3 is 2.75 bits per heavy atom. The van der Waals surface area contributed by atoms with Crippen LogP contribution in [0.15, 0.2) is 30.6 Å². The molecule has 3 heterocycles. The highest BCUT2D eigenvalue weighted by atomic mass is 16.5. The van der Waals surface area contributed by atoms with Crippen LogP contribution in [0.5, 0.6) is 0 Å². The van der Waals surface area contributed by atoms with E-state index in [9.17, 15) is 9.59 Å². The zero-order valence-corrected chi connectivity index (χ0v) is 16.3. The summed E-state index contributed by atoms with van der Waals surface area (Å²) in [5.41, 5.74) is 0.917. The van der Waals surface area contributed by atoms with Gasteiger partial charge in [0, 0.05) is 57.7 Å². The number of pyridine rings is 1. The summed E-state index contributed by atoms with van der Waals surface area (Å²) < 4.78 is 5.38. The molecule has 2 saturated heterocycles. The summed E-state index contributed by atoms with van der Waals surface area (Å²) in [6, 6.07) is 3.76. The minimum absolute atomic E-state index is 0.0667. The van der Waals surface area contributed by atoms with E-state index in [4.69, 9.17) is 4.74 Å². The van der Waals surface area contributed by atoms with Crippen LogP contribution in [0, 0.1) is 23.7 Å². The fraction of sp³-hybridized carbons (Fsp3) is 0.591. The fourth-order valence-corrected chi connectivity index (χ4v) is 4.68. The molecule has 0 radical (unpaired) electrons. The molecule has 1 aromatic heterocycles. The smallest absolute Gasteiger partial charge is 0.244 e. The van der Waals surface area contributed by atoms with E-state index in [1.165, 1.54) is 0 Å². The average Bonchev–Trinajstić information content (AvgIpc) is 3.16. The van der Waals surface area contributed by atoms with E-state index >= 15 is 0 Å². The average molecular weight is 383 g/mol. The molecule has 0 unspecified atom stereocenters. The van der Waals surface area contributed by atoms with Crippen LogP contribution in [0.3, 0.4) is 0 Å².